The quantitative estimate of drug-likeness (QED) is 0.836. The Kier molecular flexibility index (Phi) is 3.07. The third kappa shape index (κ3) is 2.08. The van der Waals surface area contributed by atoms with Crippen LogP contribution in [0.15, 0.2) is 24.3 Å². The van der Waals surface area contributed by atoms with E-state index < -0.39 is 6.10 Å². The second-order valence-electron chi connectivity index (χ2n) is 5.86. The highest BCUT2D eigenvalue weighted by Gasteiger charge is 2.23. The molecule has 2 aromatic rings. The van der Waals surface area contributed by atoms with E-state index in [1.807, 2.05) is 61.2 Å². The molecule has 0 radical (unpaired) electrons. The van der Waals surface area contributed by atoms with Gasteiger partial charge in [0.1, 0.15) is 0 Å². The number of nitrogens with zero attached hydrogens (tertiary/aromatic N) is 2. The van der Waals surface area contributed by atoms with Crippen molar-refractivity contribution < 1.29 is 5.11 Å². The summed E-state index contributed by atoms with van der Waals surface area (Å²) in [6.07, 6.45) is -0.475. The molecule has 0 saturated carbocycles. The largest absolute Gasteiger partial charge is 0.391 e. The molecule has 1 atom stereocenters. The van der Waals surface area contributed by atoms with Gasteiger partial charge in [-0.05, 0) is 17.5 Å². The van der Waals surface area contributed by atoms with E-state index in [9.17, 15) is 5.11 Å². The van der Waals surface area contributed by atoms with Gasteiger partial charge in [0.15, 0.2) is 0 Å². The number of fused-ring (bicyclic) bond motifs is 1. The first kappa shape index (κ1) is 12.9. The molecule has 0 saturated heterocycles. The monoisotopic (exact) mass is 247 g/mol. The molecule has 1 aromatic heterocycles. The first-order chi connectivity index (χ1) is 8.32. The van der Waals surface area contributed by atoms with Crippen LogP contribution in [0, 0.1) is 10.8 Å². The fraction of sp³-hybridized carbons (Fsp3) is 0.500. The number of benzene rings is 1. The molecule has 1 aromatic carbocycles. The summed E-state index contributed by atoms with van der Waals surface area (Å²) in [5.74, 6) is 0. The number of aromatic nitrogens is 2. The van der Waals surface area contributed by atoms with Crippen LogP contribution < -0.4 is 5.62 Å². The highest BCUT2D eigenvalue weighted by Crippen LogP contribution is 2.21. The Morgan fingerprint density at radius 2 is 1.78 bits per heavy atom. The summed E-state index contributed by atoms with van der Waals surface area (Å²) in [5.41, 5.74) is 2.24. The molecule has 0 aliphatic carbocycles. The zero-order valence-corrected chi connectivity index (χ0v) is 11.4. The Hall–Kier alpha value is -1.55. The van der Waals surface area contributed by atoms with Gasteiger partial charge in [0.05, 0.1) is 23.7 Å². The number of aryl methyl sites for hydroxylation is 1. The Morgan fingerprint density at radius 1 is 1.22 bits per heavy atom. The second-order valence-corrected chi connectivity index (χ2v) is 5.86. The van der Waals surface area contributed by atoms with E-state index in [4.69, 9.17) is 5.41 Å². The van der Waals surface area contributed by atoms with Crippen LogP contribution in [0.1, 0.15) is 20.8 Å². The van der Waals surface area contributed by atoms with Crippen molar-refractivity contribution in [1.82, 2.24) is 9.13 Å². The lowest BCUT2D eigenvalue weighted by molar-refractivity contribution is 0.0478. The average molecular weight is 247 g/mol. The predicted molar refractivity (Wildman–Crippen MR) is 72.2 cm³/mol. The standard InChI is InChI=1S/C14H21N3O/c1-14(2,3)12(18)9-17-11-8-6-5-7-10(11)16(4)13(17)15/h5-8,12,15,18H,9H2,1-4H3. The van der Waals surface area contributed by atoms with Crippen LogP contribution in [0.4, 0.5) is 0 Å². The van der Waals surface area contributed by atoms with Crippen LogP contribution in [-0.4, -0.2) is 20.3 Å². The molecule has 0 amide bonds. The van der Waals surface area contributed by atoms with Crippen LogP contribution in [0.3, 0.4) is 0 Å². The Morgan fingerprint density at radius 3 is 2.33 bits per heavy atom. The molecular formula is C14H21N3O. The van der Waals surface area contributed by atoms with Crippen molar-refractivity contribution in [3.05, 3.63) is 29.9 Å². The average Bonchev–Trinajstić information content (AvgIpc) is 2.54. The Labute approximate surface area is 107 Å². The van der Waals surface area contributed by atoms with Gasteiger partial charge in [-0.2, -0.15) is 0 Å². The van der Waals surface area contributed by atoms with E-state index in [1.165, 1.54) is 0 Å². The minimum absolute atomic E-state index is 0.184. The molecule has 4 nitrogen and oxygen atoms in total. The van der Waals surface area contributed by atoms with Crippen molar-refractivity contribution in [2.75, 3.05) is 0 Å². The van der Waals surface area contributed by atoms with Crippen LogP contribution in [-0.2, 0) is 13.6 Å². The van der Waals surface area contributed by atoms with Gasteiger partial charge < -0.3 is 14.2 Å². The Balaban J connectivity index is 2.52. The molecule has 0 aliphatic heterocycles. The number of hydrogen-bond donors (Lipinski definition) is 2. The van der Waals surface area contributed by atoms with Gasteiger partial charge in [-0.15, -0.1) is 0 Å². The van der Waals surface area contributed by atoms with Gasteiger partial charge in [0, 0.05) is 7.05 Å². The molecule has 2 N–H and O–H groups in total. The van der Waals surface area contributed by atoms with Crippen LogP contribution >= 0.6 is 0 Å². The van der Waals surface area contributed by atoms with Crippen LogP contribution in [0.5, 0.6) is 0 Å². The molecule has 2 rings (SSSR count). The van der Waals surface area contributed by atoms with E-state index in [1.54, 1.807) is 0 Å². The molecule has 0 bridgehead atoms. The first-order valence-corrected chi connectivity index (χ1v) is 6.19. The fourth-order valence-electron chi connectivity index (χ4n) is 2.02. The third-order valence-electron chi connectivity index (χ3n) is 3.46. The second kappa shape index (κ2) is 4.28. The molecule has 4 heteroatoms. The van der Waals surface area contributed by atoms with E-state index in [2.05, 4.69) is 0 Å². The van der Waals surface area contributed by atoms with Crippen molar-refractivity contribution in [2.45, 2.75) is 33.4 Å². The SMILES string of the molecule is Cn1c(=N)n(CC(O)C(C)(C)C)c2ccccc21. The minimum atomic E-state index is -0.475. The van der Waals surface area contributed by atoms with E-state index >= 15 is 0 Å². The number of nitrogens with one attached hydrogen (secondary N) is 1. The van der Waals surface area contributed by atoms with Gasteiger partial charge in [-0.1, -0.05) is 32.9 Å². The number of para-hydroxylation sites is 2. The van der Waals surface area contributed by atoms with Crippen LogP contribution in [0.25, 0.3) is 11.0 Å². The molecule has 0 spiro atoms. The molecule has 18 heavy (non-hydrogen) atoms. The number of aliphatic hydroxyl groups excluding tert-OH is 1. The maximum atomic E-state index is 10.2. The summed E-state index contributed by atoms with van der Waals surface area (Å²) in [5, 5.41) is 18.4. The normalized spacial score (nSPS) is 14.1. The molecule has 1 heterocycles. The van der Waals surface area contributed by atoms with E-state index in [0.29, 0.717) is 12.2 Å². The van der Waals surface area contributed by atoms with Crippen molar-refractivity contribution >= 4 is 11.0 Å². The van der Waals surface area contributed by atoms with E-state index in [-0.39, 0.29) is 5.41 Å². The molecule has 98 valence electrons. The maximum absolute atomic E-state index is 10.2. The molecule has 1 unspecified atom stereocenters. The van der Waals surface area contributed by atoms with Crippen molar-refractivity contribution in [3.63, 3.8) is 0 Å². The van der Waals surface area contributed by atoms with E-state index in [0.717, 1.165) is 11.0 Å². The lowest BCUT2D eigenvalue weighted by atomic mass is 9.89. The zero-order valence-electron chi connectivity index (χ0n) is 11.4. The number of rotatable bonds is 2. The number of imidazole rings is 1. The minimum Gasteiger partial charge on any atom is -0.391 e. The van der Waals surface area contributed by atoms with Gasteiger partial charge in [0.25, 0.3) is 0 Å². The first-order valence-electron chi connectivity index (χ1n) is 6.19. The summed E-state index contributed by atoms with van der Waals surface area (Å²) < 4.78 is 3.70. The Bertz CT molecular complexity index is 616. The summed E-state index contributed by atoms with van der Waals surface area (Å²) in [6.45, 7) is 6.47. The summed E-state index contributed by atoms with van der Waals surface area (Å²) in [7, 11) is 1.88. The molecular weight excluding hydrogens is 226 g/mol. The van der Waals surface area contributed by atoms with Crippen molar-refractivity contribution in [2.24, 2.45) is 12.5 Å². The van der Waals surface area contributed by atoms with Gasteiger partial charge in [0.2, 0.25) is 5.62 Å². The van der Waals surface area contributed by atoms with Gasteiger partial charge in [-0.3, -0.25) is 5.41 Å². The highest BCUT2D eigenvalue weighted by atomic mass is 16.3. The summed E-state index contributed by atoms with van der Waals surface area (Å²) in [4.78, 5) is 0. The predicted octanol–water partition coefficient (Wildman–Crippen LogP) is 1.87. The molecule has 0 aliphatic rings. The van der Waals surface area contributed by atoms with Gasteiger partial charge >= 0.3 is 0 Å². The zero-order chi connectivity index (χ0) is 13.5. The maximum Gasteiger partial charge on any atom is 0.202 e. The lowest BCUT2D eigenvalue weighted by Gasteiger charge is -2.26. The summed E-state index contributed by atoms with van der Waals surface area (Å²) >= 11 is 0. The lowest BCUT2D eigenvalue weighted by Crippen LogP contribution is -2.35. The third-order valence-corrected chi connectivity index (χ3v) is 3.46. The van der Waals surface area contributed by atoms with Crippen molar-refractivity contribution in [1.29, 1.82) is 5.41 Å². The smallest absolute Gasteiger partial charge is 0.202 e. The fourth-order valence-corrected chi connectivity index (χ4v) is 2.02. The highest BCUT2D eigenvalue weighted by molar-refractivity contribution is 5.75. The molecule has 0 fully saturated rings. The van der Waals surface area contributed by atoms with Crippen molar-refractivity contribution in [3.8, 4) is 0 Å². The number of hydrogen-bond acceptors (Lipinski definition) is 2. The van der Waals surface area contributed by atoms with Crippen LogP contribution in [0.2, 0.25) is 0 Å². The number of aliphatic hydroxyl groups is 1. The van der Waals surface area contributed by atoms with Gasteiger partial charge in [-0.25, -0.2) is 0 Å². The topological polar surface area (TPSA) is 53.9 Å². The summed E-state index contributed by atoms with van der Waals surface area (Å²) in [6, 6.07) is 7.91.